The van der Waals surface area contributed by atoms with Crippen LogP contribution in [0.15, 0.2) is 52.3 Å². The van der Waals surface area contributed by atoms with Gasteiger partial charge in [0.25, 0.3) is 10.0 Å². The molecule has 118 valence electrons. The van der Waals surface area contributed by atoms with Crippen LogP contribution >= 0.6 is 35.0 Å². The maximum atomic E-state index is 12.8. The number of nitrogens with zero attached hydrogens (tertiary/aromatic N) is 1. The van der Waals surface area contributed by atoms with Gasteiger partial charge in [-0.05, 0) is 55.6 Å². The fourth-order valence-electron chi connectivity index (χ4n) is 2.05. The molecule has 3 nitrogen and oxygen atoms in total. The van der Waals surface area contributed by atoms with Crippen molar-refractivity contribution in [1.29, 1.82) is 0 Å². The molecule has 0 aliphatic heterocycles. The zero-order chi connectivity index (χ0) is 16.3. The van der Waals surface area contributed by atoms with E-state index in [0.717, 1.165) is 4.90 Å². The molecular weight excluding hydrogens is 361 g/mol. The topological polar surface area (TPSA) is 37.4 Å². The molecule has 2 rings (SSSR count). The molecule has 0 amide bonds. The second-order valence-electron chi connectivity index (χ2n) is 4.47. The molecule has 0 N–H and O–H groups in total. The Hall–Kier alpha value is -0.880. The normalized spacial score (nSPS) is 11.5. The standard InChI is InChI=1S/C15H15Cl2NO2S2/c1-3-18(13-9-11(16)8-12(17)10-13)22(19,20)15-6-4-14(21-2)5-7-15/h4-10H,3H2,1-2H3. The second kappa shape index (κ2) is 7.13. The van der Waals surface area contributed by atoms with E-state index in [1.54, 1.807) is 61.2 Å². The second-order valence-corrected chi connectivity index (χ2v) is 8.09. The van der Waals surface area contributed by atoms with E-state index >= 15 is 0 Å². The summed E-state index contributed by atoms with van der Waals surface area (Å²) in [6.45, 7) is 2.05. The lowest BCUT2D eigenvalue weighted by atomic mass is 10.3. The van der Waals surface area contributed by atoms with Gasteiger partial charge in [0.05, 0.1) is 10.6 Å². The third-order valence-corrected chi connectivity index (χ3v) is 6.17. The average molecular weight is 376 g/mol. The van der Waals surface area contributed by atoms with Gasteiger partial charge in [-0.3, -0.25) is 4.31 Å². The van der Waals surface area contributed by atoms with Gasteiger partial charge in [0.1, 0.15) is 0 Å². The Morgan fingerprint density at radius 3 is 2.05 bits per heavy atom. The molecule has 0 unspecified atom stereocenters. The van der Waals surface area contributed by atoms with Crippen LogP contribution in [-0.4, -0.2) is 21.2 Å². The number of hydrogen-bond acceptors (Lipinski definition) is 3. The van der Waals surface area contributed by atoms with Crippen molar-refractivity contribution in [2.24, 2.45) is 0 Å². The van der Waals surface area contributed by atoms with Gasteiger partial charge < -0.3 is 0 Å². The van der Waals surface area contributed by atoms with E-state index in [4.69, 9.17) is 23.2 Å². The molecular formula is C15H15Cl2NO2S2. The van der Waals surface area contributed by atoms with Gasteiger partial charge in [-0.25, -0.2) is 8.42 Å². The van der Waals surface area contributed by atoms with E-state index in [1.807, 2.05) is 6.26 Å². The fourth-order valence-corrected chi connectivity index (χ4v) is 4.43. The zero-order valence-corrected chi connectivity index (χ0v) is 15.2. The molecule has 0 aliphatic rings. The predicted molar refractivity (Wildman–Crippen MR) is 94.9 cm³/mol. The lowest BCUT2D eigenvalue weighted by molar-refractivity contribution is 0.592. The number of benzene rings is 2. The van der Waals surface area contributed by atoms with Gasteiger partial charge in [-0.1, -0.05) is 23.2 Å². The van der Waals surface area contributed by atoms with Crippen molar-refractivity contribution in [3.8, 4) is 0 Å². The molecule has 0 bridgehead atoms. The Kier molecular flexibility index (Phi) is 5.66. The molecule has 0 saturated carbocycles. The van der Waals surface area contributed by atoms with Crippen molar-refractivity contribution in [1.82, 2.24) is 0 Å². The number of sulfonamides is 1. The highest BCUT2D eigenvalue weighted by Crippen LogP contribution is 2.30. The van der Waals surface area contributed by atoms with Crippen LogP contribution in [0.5, 0.6) is 0 Å². The lowest BCUT2D eigenvalue weighted by Gasteiger charge is -2.23. The molecule has 7 heteroatoms. The smallest absolute Gasteiger partial charge is 0.264 e. The summed E-state index contributed by atoms with van der Waals surface area (Å²) in [5, 5.41) is 0.794. The van der Waals surface area contributed by atoms with E-state index in [-0.39, 0.29) is 11.4 Å². The van der Waals surface area contributed by atoms with Gasteiger partial charge in [-0.15, -0.1) is 11.8 Å². The van der Waals surface area contributed by atoms with Crippen LogP contribution in [0.25, 0.3) is 0 Å². The third-order valence-electron chi connectivity index (χ3n) is 3.07. The predicted octanol–water partition coefficient (Wildman–Crippen LogP) is 4.93. The first-order valence-corrected chi connectivity index (χ1v) is 9.93. The molecule has 0 atom stereocenters. The summed E-state index contributed by atoms with van der Waals surface area (Å²) >= 11 is 13.5. The van der Waals surface area contributed by atoms with Crippen LogP contribution in [0.4, 0.5) is 5.69 Å². The molecule has 0 spiro atoms. The van der Waals surface area contributed by atoms with Gasteiger partial charge in [-0.2, -0.15) is 0 Å². The molecule has 0 heterocycles. The Morgan fingerprint density at radius 1 is 1.05 bits per heavy atom. The van der Waals surface area contributed by atoms with Gasteiger partial charge >= 0.3 is 0 Å². The third kappa shape index (κ3) is 3.71. The first-order valence-electron chi connectivity index (χ1n) is 6.51. The van der Waals surface area contributed by atoms with Crippen molar-refractivity contribution >= 4 is 50.7 Å². The molecule has 0 saturated heterocycles. The van der Waals surface area contributed by atoms with Crippen LogP contribution in [-0.2, 0) is 10.0 Å². The summed E-state index contributed by atoms with van der Waals surface area (Å²) in [4.78, 5) is 1.25. The average Bonchev–Trinajstić information content (AvgIpc) is 2.46. The van der Waals surface area contributed by atoms with Gasteiger partial charge in [0.2, 0.25) is 0 Å². The van der Waals surface area contributed by atoms with Crippen molar-refractivity contribution in [2.75, 3.05) is 17.1 Å². The number of anilines is 1. The number of thioether (sulfide) groups is 1. The van der Waals surface area contributed by atoms with E-state index in [9.17, 15) is 8.42 Å². The first-order chi connectivity index (χ1) is 10.4. The van der Waals surface area contributed by atoms with Gasteiger partial charge in [0.15, 0.2) is 0 Å². The fraction of sp³-hybridized carbons (Fsp3) is 0.200. The summed E-state index contributed by atoms with van der Waals surface area (Å²) in [6, 6.07) is 11.5. The molecule has 0 aliphatic carbocycles. The SMILES string of the molecule is CCN(c1cc(Cl)cc(Cl)c1)S(=O)(=O)c1ccc(SC)cc1. The summed E-state index contributed by atoms with van der Waals surface area (Å²) in [7, 11) is -3.66. The molecule has 0 fully saturated rings. The molecule has 22 heavy (non-hydrogen) atoms. The molecule has 0 aromatic heterocycles. The van der Waals surface area contributed by atoms with Gasteiger partial charge in [0, 0.05) is 21.5 Å². The Morgan fingerprint density at radius 2 is 1.59 bits per heavy atom. The number of rotatable bonds is 5. The number of hydrogen-bond donors (Lipinski definition) is 0. The van der Waals surface area contributed by atoms with E-state index in [2.05, 4.69) is 0 Å². The minimum Gasteiger partial charge on any atom is -0.267 e. The highest BCUT2D eigenvalue weighted by atomic mass is 35.5. The lowest BCUT2D eigenvalue weighted by Crippen LogP contribution is -2.30. The maximum absolute atomic E-state index is 12.8. The van der Waals surface area contributed by atoms with Crippen LogP contribution < -0.4 is 4.31 Å². The van der Waals surface area contributed by atoms with Crippen LogP contribution in [0, 0.1) is 0 Å². The van der Waals surface area contributed by atoms with Crippen molar-refractivity contribution in [2.45, 2.75) is 16.7 Å². The molecule has 2 aromatic rings. The van der Waals surface area contributed by atoms with Crippen molar-refractivity contribution in [3.63, 3.8) is 0 Å². The van der Waals surface area contributed by atoms with E-state index < -0.39 is 10.0 Å². The highest BCUT2D eigenvalue weighted by Gasteiger charge is 2.24. The summed E-state index contributed by atoms with van der Waals surface area (Å²) in [5.74, 6) is 0. The van der Waals surface area contributed by atoms with Crippen molar-refractivity contribution in [3.05, 3.63) is 52.5 Å². The minimum absolute atomic E-state index is 0.239. The van der Waals surface area contributed by atoms with Crippen LogP contribution in [0.2, 0.25) is 10.0 Å². The van der Waals surface area contributed by atoms with Crippen molar-refractivity contribution < 1.29 is 8.42 Å². The monoisotopic (exact) mass is 375 g/mol. The highest BCUT2D eigenvalue weighted by molar-refractivity contribution is 7.98. The quantitative estimate of drug-likeness (QED) is 0.695. The minimum atomic E-state index is -3.66. The Labute approximate surface area is 145 Å². The largest absolute Gasteiger partial charge is 0.267 e. The Bertz CT molecular complexity index is 741. The summed E-state index contributed by atoms with van der Waals surface area (Å²) < 4.78 is 26.9. The summed E-state index contributed by atoms with van der Waals surface area (Å²) in [6.07, 6.45) is 1.94. The van der Waals surface area contributed by atoms with Crippen LogP contribution in [0.1, 0.15) is 6.92 Å². The number of halogens is 2. The zero-order valence-electron chi connectivity index (χ0n) is 12.1. The van der Waals surface area contributed by atoms with E-state index in [1.165, 1.54) is 4.31 Å². The van der Waals surface area contributed by atoms with E-state index in [0.29, 0.717) is 15.7 Å². The maximum Gasteiger partial charge on any atom is 0.264 e. The molecule has 2 aromatic carbocycles. The first kappa shape index (κ1) is 17.5. The summed E-state index contributed by atoms with van der Waals surface area (Å²) in [5.41, 5.74) is 0.453. The van der Waals surface area contributed by atoms with Crippen LogP contribution in [0.3, 0.4) is 0 Å². The molecule has 0 radical (unpaired) electrons. The Balaban J connectivity index is 2.47.